The fourth-order valence-electron chi connectivity index (χ4n) is 1.58. The first-order valence-corrected chi connectivity index (χ1v) is 6.79. The maximum atomic E-state index is 11.8. The van der Waals surface area contributed by atoms with Gasteiger partial charge in [0.15, 0.2) is 6.61 Å². The third-order valence-electron chi connectivity index (χ3n) is 2.55. The third kappa shape index (κ3) is 4.09. The van der Waals surface area contributed by atoms with Gasteiger partial charge in [0.05, 0.1) is 5.02 Å². The van der Waals surface area contributed by atoms with Crippen LogP contribution in [0.5, 0.6) is 5.75 Å². The lowest BCUT2D eigenvalue weighted by Crippen LogP contribution is -2.22. The number of pyridine rings is 1. The second-order valence-electron chi connectivity index (χ2n) is 4.12. The van der Waals surface area contributed by atoms with Crippen LogP contribution in [0.3, 0.4) is 0 Å². The molecule has 114 valence electrons. The van der Waals surface area contributed by atoms with E-state index in [-0.39, 0.29) is 23.7 Å². The Hall–Kier alpha value is -2.31. The number of carbonyl (C=O) groups excluding carboxylic acids is 1. The van der Waals surface area contributed by atoms with E-state index in [2.05, 4.69) is 10.3 Å². The average molecular weight is 341 g/mol. The Morgan fingerprint density at radius 3 is 2.77 bits per heavy atom. The smallest absolute Gasteiger partial charge is 0.339 e. The van der Waals surface area contributed by atoms with E-state index < -0.39 is 11.9 Å². The molecule has 0 bridgehead atoms. The van der Waals surface area contributed by atoms with Gasteiger partial charge in [-0.05, 0) is 24.3 Å². The van der Waals surface area contributed by atoms with Crippen LogP contribution in [0.25, 0.3) is 0 Å². The number of rotatable bonds is 5. The zero-order valence-electron chi connectivity index (χ0n) is 11.0. The Morgan fingerprint density at radius 2 is 2.05 bits per heavy atom. The summed E-state index contributed by atoms with van der Waals surface area (Å²) < 4.78 is 5.25. The van der Waals surface area contributed by atoms with Crippen molar-refractivity contribution in [1.29, 1.82) is 0 Å². The van der Waals surface area contributed by atoms with Gasteiger partial charge >= 0.3 is 5.97 Å². The Labute approximate surface area is 135 Å². The molecular formula is C14H10Cl2N2O4. The van der Waals surface area contributed by atoms with Gasteiger partial charge in [0.1, 0.15) is 17.1 Å². The minimum atomic E-state index is -1.19. The lowest BCUT2D eigenvalue weighted by Gasteiger charge is -2.09. The molecule has 0 aliphatic rings. The first kappa shape index (κ1) is 16.1. The molecule has 1 heterocycles. The molecule has 1 aromatic carbocycles. The van der Waals surface area contributed by atoms with Crippen LogP contribution < -0.4 is 10.1 Å². The van der Waals surface area contributed by atoms with Crippen LogP contribution in [0.2, 0.25) is 10.0 Å². The van der Waals surface area contributed by atoms with E-state index in [0.717, 1.165) is 0 Å². The van der Waals surface area contributed by atoms with Gasteiger partial charge in [-0.2, -0.15) is 0 Å². The molecule has 0 spiro atoms. The summed E-state index contributed by atoms with van der Waals surface area (Å²) in [6.07, 6.45) is 1.37. The van der Waals surface area contributed by atoms with Crippen LogP contribution in [0.15, 0.2) is 36.5 Å². The molecular weight excluding hydrogens is 331 g/mol. The van der Waals surface area contributed by atoms with E-state index in [4.69, 9.17) is 33.0 Å². The summed E-state index contributed by atoms with van der Waals surface area (Å²) in [5.74, 6) is -1.57. The number of carboxylic acids is 1. The number of halogens is 2. The summed E-state index contributed by atoms with van der Waals surface area (Å²) in [7, 11) is 0. The van der Waals surface area contributed by atoms with Gasteiger partial charge in [0, 0.05) is 17.3 Å². The van der Waals surface area contributed by atoms with E-state index >= 15 is 0 Å². The number of carbonyl (C=O) groups is 2. The summed E-state index contributed by atoms with van der Waals surface area (Å²) in [5.41, 5.74) is -0.114. The molecule has 2 rings (SSSR count). The number of ether oxygens (including phenoxy) is 1. The van der Waals surface area contributed by atoms with Gasteiger partial charge in [-0.3, -0.25) is 4.79 Å². The van der Waals surface area contributed by atoms with Crippen LogP contribution in [0, 0.1) is 0 Å². The summed E-state index contributed by atoms with van der Waals surface area (Å²) in [6, 6.07) is 7.39. The van der Waals surface area contributed by atoms with E-state index in [9.17, 15) is 9.59 Å². The Balaban J connectivity index is 2.02. The number of aromatic nitrogens is 1. The molecule has 22 heavy (non-hydrogen) atoms. The Bertz CT molecular complexity index is 722. The molecule has 2 N–H and O–H groups in total. The van der Waals surface area contributed by atoms with Gasteiger partial charge in [-0.15, -0.1) is 0 Å². The number of hydrogen-bond acceptors (Lipinski definition) is 4. The van der Waals surface area contributed by atoms with Gasteiger partial charge in [-0.1, -0.05) is 23.2 Å². The number of nitrogens with zero attached hydrogens (tertiary/aromatic N) is 1. The molecule has 1 aromatic heterocycles. The third-order valence-corrected chi connectivity index (χ3v) is 3.10. The zero-order chi connectivity index (χ0) is 16.1. The molecule has 0 atom stereocenters. The van der Waals surface area contributed by atoms with Crippen molar-refractivity contribution in [2.24, 2.45) is 0 Å². The van der Waals surface area contributed by atoms with Crippen LogP contribution in [0.4, 0.5) is 5.82 Å². The molecule has 0 aliphatic heterocycles. The minimum Gasteiger partial charge on any atom is -0.482 e. The van der Waals surface area contributed by atoms with Crippen LogP contribution >= 0.6 is 23.2 Å². The van der Waals surface area contributed by atoms with E-state index in [0.29, 0.717) is 10.0 Å². The quantitative estimate of drug-likeness (QED) is 0.872. The lowest BCUT2D eigenvalue weighted by molar-refractivity contribution is -0.118. The highest BCUT2D eigenvalue weighted by Crippen LogP contribution is 2.27. The molecule has 0 saturated carbocycles. The summed E-state index contributed by atoms with van der Waals surface area (Å²) in [6.45, 7) is -0.365. The van der Waals surface area contributed by atoms with Crippen molar-refractivity contribution in [3.63, 3.8) is 0 Å². The second kappa shape index (κ2) is 7.11. The zero-order valence-corrected chi connectivity index (χ0v) is 12.6. The Morgan fingerprint density at radius 1 is 1.27 bits per heavy atom. The SMILES string of the molecule is O=C(COc1cc(Cl)ccc1Cl)Nc1ncccc1C(=O)O. The molecule has 0 saturated heterocycles. The maximum Gasteiger partial charge on any atom is 0.339 e. The number of anilines is 1. The first-order valence-electron chi connectivity index (χ1n) is 6.03. The molecule has 8 heteroatoms. The topological polar surface area (TPSA) is 88.5 Å². The fraction of sp³-hybridized carbons (Fsp3) is 0.0714. The average Bonchev–Trinajstić information content (AvgIpc) is 2.48. The minimum absolute atomic E-state index is 0.0548. The highest BCUT2D eigenvalue weighted by Gasteiger charge is 2.14. The van der Waals surface area contributed by atoms with Crippen molar-refractivity contribution in [2.75, 3.05) is 11.9 Å². The van der Waals surface area contributed by atoms with Crippen molar-refractivity contribution in [3.05, 3.63) is 52.1 Å². The standard InChI is InChI=1S/C14H10Cl2N2O4/c15-8-3-4-10(16)11(6-8)22-7-12(19)18-13-9(14(20)21)2-1-5-17-13/h1-6H,7H2,(H,20,21)(H,17,18,19). The van der Waals surface area contributed by atoms with E-state index in [1.54, 1.807) is 12.1 Å². The predicted octanol–water partition coefficient (Wildman–Crippen LogP) is 3.10. The predicted molar refractivity (Wildman–Crippen MR) is 81.8 cm³/mol. The van der Waals surface area contributed by atoms with Crippen molar-refractivity contribution in [2.45, 2.75) is 0 Å². The molecule has 0 unspecified atom stereocenters. The maximum absolute atomic E-state index is 11.8. The van der Waals surface area contributed by atoms with Crippen LogP contribution in [-0.2, 0) is 4.79 Å². The van der Waals surface area contributed by atoms with Crippen molar-refractivity contribution in [3.8, 4) is 5.75 Å². The second-order valence-corrected chi connectivity index (χ2v) is 4.96. The normalized spacial score (nSPS) is 10.1. The molecule has 2 aromatic rings. The number of aromatic carboxylic acids is 1. The first-order chi connectivity index (χ1) is 10.5. The monoisotopic (exact) mass is 340 g/mol. The number of nitrogens with one attached hydrogen (secondary N) is 1. The van der Waals surface area contributed by atoms with E-state index in [1.165, 1.54) is 24.4 Å². The molecule has 0 fully saturated rings. The largest absolute Gasteiger partial charge is 0.482 e. The summed E-state index contributed by atoms with van der Waals surface area (Å²) in [4.78, 5) is 26.6. The van der Waals surface area contributed by atoms with Crippen molar-refractivity contribution < 1.29 is 19.4 Å². The van der Waals surface area contributed by atoms with Crippen LogP contribution in [-0.4, -0.2) is 28.6 Å². The van der Waals surface area contributed by atoms with Gasteiger partial charge in [0.25, 0.3) is 5.91 Å². The summed E-state index contributed by atoms with van der Waals surface area (Å²) >= 11 is 11.7. The van der Waals surface area contributed by atoms with Crippen molar-refractivity contribution in [1.82, 2.24) is 4.98 Å². The van der Waals surface area contributed by atoms with Gasteiger partial charge < -0.3 is 15.2 Å². The number of amides is 1. The molecule has 0 aliphatic carbocycles. The van der Waals surface area contributed by atoms with E-state index in [1.807, 2.05) is 0 Å². The highest BCUT2D eigenvalue weighted by atomic mass is 35.5. The molecule has 0 radical (unpaired) electrons. The number of carboxylic acid groups (broad SMARTS) is 1. The van der Waals surface area contributed by atoms with Gasteiger partial charge in [-0.25, -0.2) is 9.78 Å². The summed E-state index contributed by atoms with van der Waals surface area (Å²) in [5, 5.41) is 12.1. The van der Waals surface area contributed by atoms with Gasteiger partial charge in [0.2, 0.25) is 0 Å². The highest BCUT2D eigenvalue weighted by molar-refractivity contribution is 6.34. The Kier molecular flexibility index (Phi) is 5.19. The molecule has 6 nitrogen and oxygen atoms in total. The van der Waals surface area contributed by atoms with Crippen LogP contribution in [0.1, 0.15) is 10.4 Å². The van der Waals surface area contributed by atoms with Crippen molar-refractivity contribution >= 4 is 40.9 Å². The number of hydrogen-bond donors (Lipinski definition) is 2. The fourth-order valence-corrected chi connectivity index (χ4v) is 1.91. The lowest BCUT2D eigenvalue weighted by atomic mass is 10.2. The number of benzene rings is 1. The molecule has 1 amide bonds.